The maximum Gasteiger partial charge on any atom is 0.374 e. The molecular weight excluding hydrogens is 386 g/mol. The van der Waals surface area contributed by atoms with E-state index in [2.05, 4.69) is 10.1 Å². The number of amides is 1. The smallest absolute Gasteiger partial charge is 0.374 e. The fourth-order valence-electron chi connectivity index (χ4n) is 2.45. The molecule has 3 aromatic rings. The lowest BCUT2D eigenvalue weighted by molar-refractivity contribution is -0.124. The average molecular weight is 402 g/mol. The average Bonchev–Trinajstić information content (AvgIpc) is 3.13. The number of nitrogens with one attached hydrogen (secondary N) is 1. The molecular formula is C20H16ClNO6. The van der Waals surface area contributed by atoms with E-state index >= 15 is 0 Å². The molecule has 28 heavy (non-hydrogen) atoms. The van der Waals surface area contributed by atoms with Crippen molar-refractivity contribution in [2.75, 3.05) is 13.7 Å². The first-order valence-corrected chi connectivity index (χ1v) is 8.64. The Morgan fingerprint density at radius 2 is 1.79 bits per heavy atom. The summed E-state index contributed by atoms with van der Waals surface area (Å²) in [6.45, 7) is -0.224. The highest BCUT2D eigenvalue weighted by Crippen LogP contribution is 2.23. The van der Waals surface area contributed by atoms with E-state index in [1.54, 1.807) is 42.5 Å². The van der Waals surface area contributed by atoms with Crippen molar-refractivity contribution >= 4 is 40.4 Å². The molecule has 0 unspecified atom stereocenters. The molecule has 7 nitrogen and oxygen atoms in total. The number of hydrogen-bond donors (Lipinski definition) is 1. The standard InChI is InChI=1S/C20H16ClNO6/c1-26-19(24)13-4-2-12(3-5-13)10-22-18(23)11-27-20(25)17-9-14-8-15(21)6-7-16(14)28-17/h2-9H,10-11H2,1H3,(H,22,23). The molecule has 0 atom stereocenters. The summed E-state index contributed by atoms with van der Waals surface area (Å²) in [5.74, 6) is -1.66. The van der Waals surface area contributed by atoms with Gasteiger partial charge in [-0.3, -0.25) is 4.79 Å². The van der Waals surface area contributed by atoms with Crippen molar-refractivity contribution in [2.45, 2.75) is 6.54 Å². The number of esters is 2. The van der Waals surface area contributed by atoms with Gasteiger partial charge in [0, 0.05) is 17.0 Å². The molecule has 0 saturated heterocycles. The van der Waals surface area contributed by atoms with E-state index in [-0.39, 0.29) is 12.3 Å². The second-order valence-electron chi connectivity index (χ2n) is 5.83. The Morgan fingerprint density at radius 1 is 1.04 bits per heavy atom. The molecule has 0 radical (unpaired) electrons. The lowest BCUT2D eigenvalue weighted by Gasteiger charge is -2.06. The van der Waals surface area contributed by atoms with Crippen LogP contribution in [0.2, 0.25) is 5.02 Å². The third kappa shape index (κ3) is 4.69. The van der Waals surface area contributed by atoms with Crippen LogP contribution >= 0.6 is 11.6 Å². The molecule has 0 aliphatic carbocycles. The summed E-state index contributed by atoms with van der Waals surface area (Å²) in [6.07, 6.45) is 0. The fraction of sp³-hybridized carbons (Fsp3) is 0.150. The molecule has 0 aliphatic heterocycles. The normalized spacial score (nSPS) is 10.5. The second-order valence-corrected chi connectivity index (χ2v) is 6.27. The summed E-state index contributed by atoms with van der Waals surface area (Å²) < 4.78 is 15.0. The van der Waals surface area contributed by atoms with Crippen molar-refractivity contribution in [3.8, 4) is 0 Å². The van der Waals surface area contributed by atoms with E-state index < -0.39 is 24.5 Å². The number of carbonyl (C=O) groups excluding carboxylic acids is 3. The van der Waals surface area contributed by atoms with Gasteiger partial charge in [0.25, 0.3) is 5.91 Å². The number of furan rings is 1. The molecule has 8 heteroatoms. The highest BCUT2D eigenvalue weighted by Gasteiger charge is 2.15. The van der Waals surface area contributed by atoms with E-state index in [1.807, 2.05) is 0 Å². The molecule has 1 aromatic heterocycles. The Balaban J connectivity index is 1.49. The lowest BCUT2D eigenvalue weighted by Crippen LogP contribution is -2.28. The third-order valence-corrected chi connectivity index (χ3v) is 4.11. The van der Waals surface area contributed by atoms with Crippen LogP contribution in [0.3, 0.4) is 0 Å². The molecule has 3 rings (SSSR count). The van der Waals surface area contributed by atoms with Crippen LogP contribution < -0.4 is 5.32 Å². The zero-order valence-electron chi connectivity index (χ0n) is 14.9. The molecule has 1 heterocycles. The lowest BCUT2D eigenvalue weighted by atomic mass is 10.1. The van der Waals surface area contributed by atoms with E-state index in [0.29, 0.717) is 21.6 Å². The van der Waals surface area contributed by atoms with Gasteiger partial charge in [0.05, 0.1) is 12.7 Å². The second kappa shape index (κ2) is 8.58. The van der Waals surface area contributed by atoms with Crippen LogP contribution in [0.4, 0.5) is 0 Å². The van der Waals surface area contributed by atoms with Crippen LogP contribution in [-0.4, -0.2) is 31.6 Å². The van der Waals surface area contributed by atoms with Gasteiger partial charge in [-0.25, -0.2) is 9.59 Å². The van der Waals surface area contributed by atoms with Crippen LogP contribution in [-0.2, 0) is 20.8 Å². The zero-order valence-corrected chi connectivity index (χ0v) is 15.6. The molecule has 144 valence electrons. The van der Waals surface area contributed by atoms with Crippen molar-refractivity contribution < 1.29 is 28.3 Å². The van der Waals surface area contributed by atoms with Crippen LogP contribution in [0.25, 0.3) is 11.0 Å². The first-order valence-electron chi connectivity index (χ1n) is 8.26. The fourth-order valence-corrected chi connectivity index (χ4v) is 2.63. The molecule has 2 aromatic carbocycles. The number of hydrogen-bond acceptors (Lipinski definition) is 6. The summed E-state index contributed by atoms with van der Waals surface area (Å²) in [7, 11) is 1.30. The molecule has 1 N–H and O–H groups in total. The van der Waals surface area contributed by atoms with Gasteiger partial charge in [0.15, 0.2) is 6.61 Å². The highest BCUT2D eigenvalue weighted by atomic mass is 35.5. The number of ether oxygens (including phenoxy) is 2. The van der Waals surface area contributed by atoms with Crippen LogP contribution in [0, 0.1) is 0 Å². The Kier molecular flexibility index (Phi) is 5.96. The summed E-state index contributed by atoms with van der Waals surface area (Å²) in [5.41, 5.74) is 1.69. The maximum atomic E-state index is 12.0. The SMILES string of the molecule is COC(=O)c1ccc(CNC(=O)COC(=O)c2cc3cc(Cl)ccc3o2)cc1. The molecule has 0 aliphatic rings. The minimum Gasteiger partial charge on any atom is -0.465 e. The van der Waals surface area contributed by atoms with Gasteiger partial charge in [-0.1, -0.05) is 23.7 Å². The summed E-state index contributed by atoms with van der Waals surface area (Å²) in [6, 6.07) is 13.0. The summed E-state index contributed by atoms with van der Waals surface area (Å²) in [4.78, 5) is 35.3. The number of carbonyl (C=O) groups is 3. The Hall–Kier alpha value is -3.32. The molecule has 0 fully saturated rings. The van der Waals surface area contributed by atoms with E-state index in [9.17, 15) is 14.4 Å². The highest BCUT2D eigenvalue weighted by molar-refractivity contribution is 6.31. The molecule has 0 bridgehead atoms. The largest absolute Gasteiger partial charge is 0.465 e. The van der Waals surface area contributed by atoms with Gasteiger partial charge in [0.1, 0.15) is 5.58 Å². The number of halogens is 1. The monoisotopic (exact) mass is 401 g/mol. The first kappa shape index (κ1) is 19.4. The quantitative estimate of drug-likeness (QED) is 0.636. The zero-order chi connectivity index (χ0) is 20.1. The molecule has 0 saturated carbocycles. The Labute approximate surface area is 165 Å². The van der Waals surface area contributed by atoms with E-state index in [0.717, 1.165) is 5.56 Å². The number of fused-ring (bicyclic) bond motifs is 1. The van der Waals surface area contributed by atoms with E-state index in [1.165, 1.54) is 13.2 Å². The van der Waals surface area contributed by atoms with Gasteiger partial charge >= 0.3 is 11.9 Å². The van der Waals surface area contributed by atoms with Gasteiger partial charge in [0.2, 0.25) is 5.76 Å². The predicted molar refractivity (Wildman–Crippen MR) is 101 cm³/mol. The van der Waals surface area contributed by atoms with Gasteiger partial charge in [-0.2, -0.15) is 0 Å². The molecule has 0 spiro atoms. The Bertz CT molecular complexity index is 1020. The van der Waals surface area contributed by atoms with Crippen molar-refractivity contribution in [2.24, 2.45) is 0 Å². The number of benzene rings is 2. The third-order valence-electron chi connectivity index (χ3n) is 3.88. The Morgan fingerprint density at radius 3 is 2.50 bits per heavy atom. The van der Waals surface area contributed by atoms with Gasteiger partial charge in [-0.15, -0.1) is 0 Å². The van der Waals surface area contributed by atoms with Gasteiger partial charge < -0.3 is 19.2 Å². The summed E-state index contributed by atoms with van der Waals surface area (Å²) in [5, 5.41) is 3.81. The summed E-state index contributed by atoms with van der Waals surface area (Å²) >= 11 is 5.89. The van der Waals surface area contributed by atoms with Crippen LogP contribution in [0.5, 0.6) is 0 Å². The molecule has 1 amide bonds. The van der Waals surface area contributed by atoms with Gasteiger partial charge in [-0.05, 0) is 42.0 Å². The maximum absolute atomic E-state index is 12.0. The number of rotatable bonds is 6. The van der Waals surface area contributed by atoms with Crippen molar-refractivity contribution in [1.82, 2.24) is 5.32 Å². The van der Waals surface area contributed by atoms with Crippen molar-refractivity contribution in [3.05, 3.63) is 70.4 Å². The minimum atomic E-state index is -0.745. The first-order chi connectivity index (χ1) is 13.5. The van der Waals surface area contributed by atoms with Crippen LogP contribution in [0.15, 0.2) is 52.9 Å². The predicted octanol–water partition coefficient (Wildman–Crippen LogP) is 3.35. The van der Waals surface area contributed by atoms with Crippen molar-refractivity contribution in [3.63, 3.8) is 0 Å². The number of methoxy groups -OCH3 is 1. The van der Waals surface area contributed by atoms with Crippen LogP contribution in [0.1, 0.15) is 26.5 Å². The van der Waals surface area contributed by atoms with E-state index in [4.69, 9.17) is 20.8 Å². The topological polar surface area (TPSA) is 94.8 Å². The van der Waals surface area contributed by atoms with Crippen molar-refractivity contribution in [1.29, 1.82) is 0 Å². The minimum absolute atomic E-state index is 0.0107.